The normalized spacial score (nSPS) is 29.8. The van der Waals surface area contributed by atoms with Crippen molar-refractivity contribution in [2.75, 3.05) is 13.2 Å². The molecule has 8 nitrogen and oxygen atoms in total. The second-order valence-corrected chi connectivity index (χ2v) is 12.7. The van der Waals surface area contributed by atoms with Gasteiger partial charge in [-0.15, -0.1) is 0 Å². The lowest BCUT2D eigenvalue weighted by Gasteiger charge is -2.50. The second-order valence-electron chi connectivity index (χ2n) is 12.7. The standard InChI is InChI=1S/C31H50N2O6/c1-7-21(12-13-22(32-6)14-15-23-10-9-17-33-23)19-38-30(4,5)20-29(2,3)16-8-11-25-26-28(36)27(35)24(18-34)31(26,37)39-25/h9-10,12-13,17,24-28,33-37H,6-8,11,14-16,18-20H2,1-5H3. The number of H-pyrrole nitrogens is 1. The van der Waals surface area contributed by atoms with Crippen molar-refractivity contribution in [1.82, 2.24) is 4.98 Å². The van der Waals surface area contributed by atoms with Crippen LogP contribution in [0.4, 0.5) is 0 Å². The largest absolute Gasteiger partial charge is 0.396 e. The summed E-state index contributed by atoms with van der Waals surface area (Å²) in [4.78, 5) is 7.41. The number of aryl methyl sites for hydroxylation is 1. The Labute approximate surface area is 233 Å². The van der Waals surface area contributed by atoms with E-state index in [9.17, 15) is 20.4 Å². The van der Waals surface area contributed by atoms with Gasteiger partial charge in [0.05, 0.1) is 49.0 Å². The summed E-state index contributed by atoms with van der Waals surface area (Å²) >= 11 is 0. The van der Waals surface area contributed by atoms with Crippen LogP contribution in [0.3, 0.4) is 0 Å². The molecule has 0 amide bonds. The topological polar surface area (TPSA) is 128 Å². The van der Waals surface area contributed by atoms with Gasteiger partial charge in [-0.1, -0.05) is 33.3 Å². The number of aliphatic hydroxyl groups excluding tert-OH is 3. The van der Waals surface area contributed by atoms with E-state index < -0.39 is 36.4 Å². The molecule has 220 valence electrons. The Morgan fingerprint density at radius 1 is 1.23 bits per heavy atom. The smallest absolute Gasteiger partial charge is 0.181 e. The first-order valence-corrected chi connectivity index (χ1v) is 14.3. The van der Waals surface area contributed by atoms with Gasteiger partial charge in [-0.05, 0) is 88.3 Å². The maximum Gasteiger partial charge on any atom is 0.181 e. The van der Waals surface area contributed by atoms with Crippen molar-refractivity contribution in [3.8, 4) is 0 Å². The monoisotopic (exact) mass is 546 g/mol. The van der Waals surface area contributed by atoms with Crippen molar-refractivity contribution in [1.29, 1.82) is 0 Å². The number of hydrogen-bond acceptors (Lipinski definition) is 7. The highest BCUT2D eigenvalue weighted by molar-refractivity contribution is 5.31. The molecule has 8 heteroatoms. The Hall–Kier alpha value is -1.81. The summed E-state index contributed by atoms with van der Waals surface area (Å²) in [7, 11) is 0. The average Bonchev–Trinajstić information content (AvgIpc) is 3.42. The third-order valence-corrected chi connectivity index (χ3v) is 8.45. The van der Waals surface area contributed by atoms with Gasteiger partial charge in [0.25, 0.3) is 0 Å². The van der Waals surface area contributed by atoms with Gasteiger partial charge in [-0.3, -0.25) is 4.99 Å². The second kappa shape index (κ2) is 13.2. The molecule has 6 atom stereocenters. The quantitative estimate of drug-likeness (QED) is 0.155. The molecule has 0 bridgehead atoms. The van der Waals surface area contributed by atoms with Crippen LogP contribution in [-0.2, 0) is 15.9 Å². The van der Waals surface area contributed by atoms with E-state index in [1.807, 2.05) is 18.3 Å². The highest BCUT2D eigenvalue weighted by Crippen LogP contribution is 2.54. The van der Waals surface area contributed by atoms with E-state index >= 15 is 0 Å². The Bertz CT molecular complexity index is 985. The minimum absolute atomic E-state index is 0.0126. The van der Waals surface area contributed by atoms with E-state index in [1.165, 1.54) is 11.3 Å². The van der Waals surface area contributed by atoms with E-state index in [1.54, 1.807) is 0 Å². The van der Waals surface area contributed by atoms with Crippen LogP contribution in [0.5, 0.6) is 0 Å². The molecule has 39 heavy (non-hydrogen) atoms. The van der Waals surface area contributed by atoms with Crippen LogP contribution in [-0.4, -0.2) is 75.0 Å². The molecule has 1 saturated heterocycles. The molecule has 1 aromatic heterocycles. The molecule has 0 aromatic carbocycles. The number of hydrogen-bond donors (Lipinski definition) is 5. The molecule has 2 fully saturated rings. The summed E-state index contributed by atoms with van der Waals surface area (Å²) in [5.41, 5.74) is 3.04. The lowest BCUT2D eigenvalue weighted by Crippen LogP contribution is -2.62. The van der Waals surface area contributed by atoms with Gasteiger partial charge in [-0.25, -0.2) is 0 Å². The van der Waals surface area contributed by atoms with Gasteiger partial charge in [0, 0.05) is 17.6 Å². The molecular formula is C31H50N2O6. The molecule has 2 heterocycles. The predicted octanol–water partition coefficient (Wildman–Crippen LogP) is 4.30. The third kappa shape index (κ3) is 7.90. The lowest BCUT2D eigenvalue weighted by atomic mass is 9.76. The Morgan fingerprint density at radius 2 is 1.97 bits per heavy atom. The van der Waals surface area contributed by atoms with Crippen LogP contribution in [0.25, 0.3) is 0 Å². The van der Waals surface area contributed by atoms with Gasteiger partial charge in [0.2, 0.25) is 0 Å². The number of aliphatic imine (C=N–C) groups is 1. The van der Waals surface area contributed by atoms with Crippen molar-refractivity contribution < 1.29 is 29.9 Å². The number of ether oxygens (including phenoxy) is 2. The molecule has 0 radical (unpaired) electrons. The molecule has 2 aliphatic rings. The zero-order valence-corrected chi connectivity index (χ0v) is 24.4. The van der Waals surface area contributed by atoms with E-state index in [4.69, 9.17) is 9.47 Å². The molecular weight excluding hydrogens is 496 g/mol. The van der Waals surface area contributed by atoms with Crippen LogP contribution in [0.1, 0.15) is 78.8 Å². The molecule has 1 aliphatic carbocycles. The first-order valence-electron chi connectivity index (χ1n) is 14.3. The Kier molecular flexibility index (Phi) is 10.8. The van der Waals surface area contributed by atoms with Gasteiger partial charge < -0.3 is 34.9 Å². The molecule has 1 saturated carbocycles. The van der Waals surface area contributed by atoms with Crippen molar-refractivity contribution >= 4 is 6.72 Å². The summed E-state index contributed by atoms with van der Waals surface area (Å²) in [6.45, 7) is 14.7. The van der Waals surface area contributed by atoms with Crippen LogP contribution in [0.2, 0.25) is 0 Å². The zero-order chi connectivity index (χ0) is 28.8. The number of aliphatic hydroxyl groups is 4. The number of rotatable bonds is 16. The van der Waals surface area contributed by atoms with Gasteiger partial charge in [0.1, 0.15) is 0 Å². The number of fused-ring (bicyclic) bond motifs is 1. The number of aromatic nitrogens is 1. The van der Waals surface area contributed by atoms with Crippen molar-refractivity contribution in [3.05, 3.63) is 47.4 Å². The number of nitrogens with one attached hydrogen (secondary N) is 1. The predicted molar refractivity (Wildman–Crippen MR) is 153 cm³/mol. The van der Waals surface area contributed by atoms with E-state index in [0.29, 0.717) is 13.0 Å². The van der Waals surface area contributed by atoms with Gasteiger partial charge in [-0.2, -0.15) is 0 Å². The minimum atomic E-state index is -1.63. The third-order valence-electron chi connectivity index (χ3n) is 8.45. The molecule has 1 aliphatic heterocycles. The fourth-order valence-electron chi connectivity index (χ4n) is 6.40. The van der Waals surface area contributed by atoms with Gasteiger partial charge in [0.15, 0.2) is 5.79 Å². The maximum atomic E-state index is 10.7. The van der Waals surface area contributed by atoms with Crippen LogP contribution in [0.15, 0.2) is 46.7 Å². The fraction of sp³-hybridized carbons (Fsp3) is 0.710. The molecule has 1 aromatic rings. The van der Waals surface area contributed by atoms with E-state index in [-0.39, 0.29) is 17.1 Å². The Morgan fingerprint density at radius 3 is 2.59 bits per heavy atom. The van der Waals surface area contributed by atoms with Crippen LogP contribution < -0.4 is 0 Å². The van der Waals surface area contributed by atoms with Crippen molar-refractivity contribution in [2.45, 2.75) is 109 Å². The molecule has 0 spiro atoms. The summed E-state index contributed by atoms with van der Waals surface area (Å²) in [5.74, 6) is -3.07. The summed E-state index contributed by atoms with van der Waals surface area (Å²) < 4.78 is 12.1. The molecule has 5 N–H and O–H groups in total. The number of nitrogens with zero attached hydrogens (tertiary/aromatic N) is 1. The minimum Gasteiger partial charge on any atom is -0.396 e. The van der Waals surface area contributed by atoms with Crippen LogP contribution >= 0.6 is 0 Å². The lowest BCUT2D eigenvalue weighted by molar-refractivity contribution is -0.381. The molecule has 6 unspecified atom stereocenters. The highest BCUT2D eigenvalue weighted by atomic mass is 16.7. The van der Waals surface area contributed by atoms with Crippen LogP contribution in [0, 0.1) is 17.3 Å². The maximum absolute atomic E-state index is 10.7. The SMILES string of the molecule is C=NC(=CC=C(CC)COC(C)(C)CC(C)(C)CCCC1OC2(O)C(CO)C(O)C(O)C12)CCc1ccc[nH]1. The van der Waals surface area contributed by atoms with E-state index in [2.05, 4.69) is 63.5 Å². The summed E-state index contributed by atoms with van der Waals surface area (Å²) in [5, 5.41) is 40.7. The number of aromatic amines is 1. The van der Waals surface area contributed by atoms with Gasteiger partial charge >= 0.3 is 0 Å². The fourth-order valence-corrected chi connectivity index (χ4v) is 6.40. The summed E-state index contributed by atoms with van der Waals surface area (Å²) in [6.07, 6.45) is 9.45. The average molecular weight is 547 g/mol. The first-order chi connectivity index (χ1) is 18.4. The highest BCUT2D eigenvalue weighted by Gasteiger charge is 2.69. The molecule has 3 rings (SSSR count). The first kappa shape index (κ1) is 31.7. The number of allylic oxidation sites excluding steroid dienone is 3. The zero-order valence-electron chi connectivity index (χ0n) is 24.4. The van der Waals surface area contributed by atoms with E-state index in [0.717, 1.165) is 44.2 Å². The summed E-state index contributed by atoms with van der Waals surface area (Å²) in [6, 6.07) is 4.07. The van der Waals surface area contributed by atoms with Crippen molar-refractivity contribution in [2.24, 2.45) is 22.2 Å². The Balaban J connectivity index is 1.45. The van der Waals surface area contributed by atoms with Crippen molar-refractivity contribution in [3.63, 3.8) is 0 Å².